The van der Waals surface area contributed by atoms with Gasteiger partial charge in [0.1, 0.15) is 0 Å². The average Bonchev–Trinajstić information content (AvgIpc) is 3.74. The van der Waals surface area contributed by atoms with E-state index >= 15 is 0 Å². The van der Waals surface area contributed by atoms with Gasteiger partial charge in [0.05, 0.1) is 44.1 Å². The largest absolute Gasteiger partial charge is 0.309 e. The zero-order valence-corrected chi connectivity index (χ0v) is 23.9. The highest BCUT2D eigenvalue weighted by Gasteiger charge is 2.19. The third kappa shape index (κ3) is 3.34. The van der Waals surface area contributed by atoms with Gasteiger partial charge in [-0.05, 0) is 84.9 Å². The van der Waals surface area contributed by atoms with E-state index in [4.69, 9.17) is 9.97 Å². The first-order chi connectivity index (χ1) is 22.3. The van der Waals surface area contributed by atoms with Crippen molar-refractivity contribution in [1.29, 1.82) is 0 Å². The third-order valence-corrected chi connectivity index (χ3v) is 8.91. The molecule has 0 bridgehead atoms. The first-order valence-electron chi connectivity index (χ1n) is 14.9. The van der Waals surface area contributed by atoms with E-state index in [2.05, 4.69) is 109 Å². The van der Waals surface area contributed by atoms with Crippen LogP contribution in [-0.4, -0.2) is 33.6 Å². The molecule has 3 aromatic carbocycles. The molecule has 45 heavy (non-hydrogen) atoms. The molecule has 7 heterocycles. The van der Waals surface area contributed by atoms with Crippen LogP contribution in [0.5, 0.6) is 0 Å². The van der Waals surface area contributed by atoms with E-state index < -0.39 is 0 Å². The number of aromatic nitrogens is 7. The second kappa shape index (κ2) is 9.08. The summed E-state index contributed by atoms with van der Waals surface area (Å²) in [5, 5.41) is 4.36. The summed E-state index contributed by atoms with van der Waals surface area (Å²) in [4.78, 5) is 18.5. The smallest absolute Gasteiger partial charge is 0.0964 e. The lowest BCUT2D eigenvalue weighted by molar-refractivity contribution is 1.16. The fourth-order valence-electron chi connectivity index (χ4n) is 7.05. The molecule has 7 heteroatoms. The third-order valence-electron chi connectivity index (χ3n) is 8.91. The maximum Gasteiger partial charge on any atom is 0.0964 e. The fraction of sp³-hybridized carbons (Fsp3) is 0. The quantitative estimate of drug-likeness (QED) is 0.211. The molecule has 210 valence electrons. The second-order valence-electron chi connectivity index (χ2n) is 11.3. The van der Waals surface area contributed by atoms with E-state index in [9.17, 15) is 0 Å². The summed E-state index contributed by atoms with van der Waals surface area (Å²) in [6.07, 6.45) is 11.3. The molecule has 0 aliphatic carbocycles. The van der Waals surface area contributed by atoms with Crippen molar-refractivity contribution in [3.63, 3.8) is 0 Å². The van der Waals surface area contributed by atoms with Gasteiger partial charge in [0.15, 0.2) is 0 Å². The van der Waals surface area contributed by atoms with E-state index in [1.54, 1.807) is 0 Å². The van der Waals surface area contributed by atoms with Crippen LogP contribution >= 0.6 is 0 Å². The molecular formula is C38H23N7. The van der Waals surface area contributed by atoms with Crippen molar-refractivity contribution in [2.45, 2.75) is 0 Å². The number of nitrogens with zero attached hydrogens (tertiary/aromatic N) is 7. The molecule has 0 atom stereocenters. The topological polar surface area (TPSA) is 66.3 Å². The molecule has 0 aliphatic heterocycles. The van der Waals surface area contributed by atoms with Crippen molar-refractivity contribution < 1.29 is 0 Å². The lowest BCUT2D eigenvalue weighted by atomic mass is 10.2. The maximum atomic E-state index is 4.89. The Balaban J connectivity index is 1.24. The highest BCUT2D eigenvalue weighted by Crippen LogP contribution is 2.38. The van der Waals surface area contributed by atoms with Crippen molar-refractivity contribution in [2.24, 2.45) is 0 Å². The lowest BCUT2D eigenvalue weighted by Gasteiger charge is -2.11. The number of hydrogen-bond donors (Lipinski definition) is 0. The van der Waals surface area contributed by atoms with E-state index in [0.29, 0.717) is 0 Å². The molecule has 0 radical (unpaired) electrons. The number of benzene rings is 3. The van der Waals surface area contributed by atoms with E-state index in [1.165, 1.54) is 0 Å². The van der Waals surface area contributed by atoms with Crippen LogP contribution in [0, 0.1) is 0 Å². The number of hydrogen-bond acceptors (Lipinski definition) is 4. The van der Waals surface area contributed by atoms with E-state index in [-0.39, 0.29) is 0 Å². The molecule has 0 saturated heterocycles. The van der Waals surface area contributed by atoms with E-state index in [0.717, 1.165) is 82.7 Å². The van der Waals surface area contributed by atoms with Gasteiger partial charge < -0.3 is 13.7 Å². The molecule has 10 rings (SSSR count). The Hall–Kier alpha value is -6.34. The Morgan fingerprint density at radius 1 is 0.356 bits per heavy atom. The molecule has 0 amide bonds. The zero-order valence-electron chi connectivity index (χ0n) is 23.9. The van der Waals surface area contributed by atoms with Gasteiger partial charge >= 0.3 is 0 Å². The van der Waals surface area contributed by atoms with E-state index in [1.807, 2.05) is 55.4 Å². The van der Waals surface area contributed by atoms with Gasteiger partial charge in [-0.1, -0.05) is 18.2 Å². The standard InChI is InChI=1S/C38H23N7/c1-2-6-24(7-3-1)43-31-12-11-26(21-27(31)37-35(43)8-4-16-41-37)45-32-13-10-25(20-28(32)38-36(45)9-5-17-42-38)44-33-14-18-39-22-29(33)30-23-40-19-15-34(30)44/h1-23H. The Labute approximate surface area is 256 Å². The zero-order chi connectivity index (χ0) is 29.5. The highest BCUT2D eigenvalue weighted by atomic mass is 15.0. The van der Waals surface area contributed by atoms with Crippen molar-refractivity contribution in [1.82, 2.24) is 33.6 Å². The van der Waals surface area contributed by atoms with Crippen LogP contribution in [0.2, 0.25) is 0 Å². The minimum atomic E-state index is 0.961. The summed E-state index contributed by atoms with van der Waals surface area (Å²) in [6, 6.07) is 36.2. The van der Waals surface area contributed by atoms with Gasteiger partial charge in [-0.2, -0.15) is 0 Å². The van der Waals surface area contributed by atoms with Crippen LogP contribution in [0.25, 0.3) is 82.7 Å². The molecular weight excluding hydrogens is 554 g/mol. The summed E-state index contributed by atoms with van der Waals surface area (Å²) in [5.74, 6) is 0. The van der Waals surface area contributed by atoms with Gasteiger partial charge in [-0.25, -0.2) is 0 Å². The molecule has 10 aromatic rings. The fourth-order valence-corrected chi connectivity index (χ4v) is 7.05. The minimum Gasteiger partial charge on any atom is -0.309 e. The highest BCUT2D eigenvalue weighted by molar-refractivity contribution is 6.12. The van der Waals surface area contributed by atoms with Crippen LogP contribution < -0.4 is 0 Å². The SMILES string of the molecule is c1ccc(-n2c3ccc(-n4c5ccc(-n6c7ccncc7c7cnccc76)cc5c5ncccc54)cc3c3ncccc32)cc1. The first kappa shape index (κ1) is 24.1. The molecule has 0 aliphatic rings. The van der Waals surface area contributed by atoms with Crippen LogP contribution in [0.15, 0.2) is 140 Å². The number of rotatable bonds is 3. The predicted octanol–water partition coefficient (Wildman–Crippen LogP) is 8.56. The molecule has 0 spiro atoms. The maximum absolute atomic E-state index is 4.89. The Morgan fingerprint density at radius 2 is 0.844 bits per heavy atom. The van der Waals surface area contributed by atoms with Crippen molar-refractivity contribution in [3.05, 3.63) is 140 Å². The summed E-state index contributed by atoms with van der Waals surface area (Å²) in [6.45, 7) is 0. The predicted molar refractivity (Wildman–Crippen MR) is 181 cm³/mol. The Morgan fingerprint density at radius 3 is 1.40 bits per heavy atom. The first-order valence-corrected chi connectivity index (χ1v) is 14.9. The molecule has 0 saturated carbocycles. The lowest BCUT2D eigenvalue weighted by Crippen LogP contribution is -1.96. The van der Waals surface area contributed by atoms with Gasteiger partial charge in [0.25, 0.3) is 0 Å². The van der Waals surface area contributed by atoms with Crippen molar-refractivity contribution in [3.8, 4) is 17.1 Å². The van der Waals surface area contributed by atoms with Crippen LogP contribution in [-0.2, 0) is 0 Å². The van der Waals surface area contributed by atoms with Gasteiger partial charge in [0.2, 0.25) is 0 Å². The van der Waals surface area contributed by atoms with Gasteiger partial charge in [0, 0.05) is 75.8 Å². The van der Waals surface area contributed by atoms with Crippen LogP contribution in [0.1, 0.15) is 0 Å². The molecule has 7 aromatic heterocycles. The molecule has 0 fully saturated rings. The molecule has 0 unspecified atom stereocenters. The summed E-state index contributed by atoms with van der Waals surface area (Å²) >= 11 is 0. The van der Waals surface area contributed by atoms with Crippen molar-refractivity contribution >= 4 is 65.7 Å². The number of pyridine rings is 4. The molecule has 0 N–H and O–H groups in total. The summed E-state index contributed by atoms with van der Waals surface area (Å²) < 4.78 is 6.89. The van der Waals surface area contributed by atoms with Crippen LogP contribution in [0.4, 0.5) is 0 Å². The number of fused-ring (bicyclic) bond motifs is 9. The number of para-hydroxylation sites is 1. The van der Waals surface area contributed by atoms with Crippen LogP contribution in [0.3, 0.4) is 0 Å². The summed E-state index contributed by atoms with van der Waals surface area (Å²) in [5.41, 5.74) is 11.7. The molecule has 7 nitrogen and oxygen atoms in total. The van der Waals surface area contributed by atoms with Gasteiger partial charge in [-0.3, -0.25) is 19.9 Å². The average molecular weight is 578 g/mol. The summed E-state index contributed by atoms with van der Waals surface area (Å²) in [7, 11) is 0. The minimum absolute atomic E-state index is 0.961. The monoisotopic (exact) mass is 577 g/mol. The van der Waals surface area contributed by atoms with Gasteiger partial charge in [-0.15, -0.1) is 0 Å². The Kier molecular flexibility index (Phi) is 4.87. The van der Waals surface area contributed by atoms with Crippen molar-refractivity contribution in [2.75, 3.05) is 0 Å². The second-order valence-corrected chi connectivity index (χ2v) is 11.3. The normalized spacial score (nSPS) is 12.0. The Bertz CT molecular complexity index is 2710.